The highest BCUT2D eigenvalue weighted by atomic mass is 14.9. The van der Waals surface area contributed by atoms with E-state index < -0.39 is 0 Å². The minimum Gasteiger partial charge on any atom is -0.265 e. The van der Waals surface area contributed by atoms with Crippen LogP contribution in [0, 0.1) is 0 Å². The number of nitrogens with zero attached hydrogens (tertiary/aromatic N) is 4. The molecule has 0 amide bonds. The summed E-state index contributed by atoms with van der Waals surface area (Å²) in [5.74, 6) is 0.922. The highest BCUT2D eigenvalue weighted by Crippen LogP contribution is 2.57. The van der Waals surface area contributed by atoms with Crippen molar-refractivity contribution in [1.82, 2.24) is 19.9 Å². The number of pyridine rings is 2. The molecule has 0 saturated heterocycles. The van der Waals surface area contributed by atoms with Gasteiger partial charge in [-0.3, -0.25) is 9.97 Å². The lowest BCUT2D eigenvalue weighted by atomic mass is 9.60. The van der Waals surface area contributed by atoms with Crippen molar-refractivity contribution in [1.29, 1.82) is 0 Å². The van der Waals surface area contributed by atoms with E-state index in [1.165, 1.54) is 89.0 Å². The van der Waals surface area contributed by atoms with Crippen LogP contribution in [0.4, 0.5) is 0 Å². The van der Waals surface area contributed by atoms with Crippen molar-refractivity contribution in [2.24, 2.45) is 0 Å². The van der Waals surface area contributed by atoms with Gasteiger partial charge in [-0.2, -0.15) is 0 Å². The first kappa shape index (κ1) is 46.8. The van der Waals surface area contributed by atoms with Crippen molar-refractivity contribution in [3.8, 4) is 112 Å². The number of rotatable bonds is 10. The highest BCUT2D eigenvalue weighted by molar-refractivity contribution is 5.86. The van der Waals surface area contributed by atoms with Crippen LogP contribution < -0.4 is 0 Å². The predicted octanol–water partition coefficient (Wildman–Crippen LogP) is 18.9. The molecule has 13 aromatic rings. The summed E-state index contributed by atoms with van der Waals surface area (Å²) >= 11 is 0. The number of hydrogen-bond donors (Lipinski definition) is 0. The van der Waals surface area contributed by atoms with Crippen molar-refractivity contribution < 1.29 is 0 Å². The number of benzene rings is 10. The molecule has 3 heterocycles. The van der Waals surface area contributed by atoms with Crippen LogP contribution >= 0.6 is 0 Å². The van der Waals surface area contributed by atoms with Gasteiger partial charge in [0.25, 0.3) is 0 Å². The second-order valence-electron chi connectivity index (χ2n) is 21.0. The van der Waals surface area contributed by atoms with Crippen LogP contribution in [0.3, 0.4) is 0 Å². The molecule has 16 rings (SSSR count). The van der Waals surface area contributed by atoms with Crippen molar-refractivity contribution in [3.05, 3.63) is 325 Å². The second-order valence-corrected chi connectivity index (χ2v) is 21.0. The van der Waals surface area contributed by atoms with Gasteiger partial charge in [-0.05, 0) is 196 Å². The molecule has 0 fully saturated rings. The van der Waals surface area contributed by atoms with E-state index in [0.717, 1.165) is 50.3 Å². The molecule has 3 aliphatic carbocycles. The van der Waals surface area contributed by atoms with E-state index in [4.69, 9.17) is 9.97 Å². The second kappa shape index (κ2) is 19.9. The first-order valence-electron chi connectivity index (χ1n) is 27.4. The van der Waals surface area contributed by atoms with Gasteiger partial charge in [-0.15, -0.1) is 0 Å². The molecule has 80 heavy (non-hydrogen) atoms. The van der Waals surface area contributed by atoms with Crippen LogP contribution in [0.5, 0.6) is 0 Å². The molecule has 374 valence electrons. The molecule has 3 aromatic heterocycles. The zero-order valence-corrected chi connectivity index (χ0v) is 43.7. The van der Waals surface area contributed by atoms with Crippen LogP contribution in [0.2, 0.25) is 0 Å². The Balaban J connectivity index is 0.777. The summed E-state index contributed by atoms with van der Waals surface area (Å²) in [4.78, 5) is 18.9. The fourth-order valence-corrected chi connectivity index (χ4v) is 12.4. The summed E-state index contributed by atoms with van der Waals surface area (Å²) in [6.07, 6.45) is 7.38. The van der Waals surface area contributed by atoms with Gasteiger partial charge in [0.15, 0.2) is 5.82 Å². The molecule has 3 aliphatic rings. The average molecular weight is 1020 g/mol. The van der Waals surface area contributed by atoms with Crippen molar-refractivity contribution >= 4 is 0 Å². The molecule has 0 radical (unpaired) electrons. The third-order valence-electron chi connectivity index (χ3n) is 16.2. The molecule has 0 aliphatic heterocycles. The smallest absolute Gasteiger partial charge is 0.160 e. The first-order valence-corrected chi connectivity index (χ1v) is 27.4. The third-order valence-corrected chi connectivity index (χ3v) is 16.2. The Morgan fingerprint density at radius 1 is 0.188 bits per heavy atom. The van der Waals surface area contributed by atoms with Crippen molar-refractivity contribution in [2.75, 3.05) is 0 Å². The number of hydrogen-bond acceptors (Lipinski definition) is 4. The molecular weight excluding hydrogens is 969 g/mol. The SMILES string of the molecule is c1ccc(-c2cc(-c3cccc(-c4ccncc4)c3)cc(-c3cccc(-c4ccc5c(c4)C4c6ccccc6C5c5cc(-c6cccc(-c7cc(-c8cccc(-c9ccncc9)c8)nc(-c8ccccc8)n7)c6)ccc54)c3)c2)cc1. The largest absolute Gasteiger partial charge is 0.265 e. The normalized spacial score (nSPS) is 13.8. The molecular formula is C76H50N4. The van der Waals surface area contributed by atoms with E-state index in [-0.39, 0.29) is 11.8 Å². The average Bonchev–Trinajstić information content (AvgIpc) is 3.64. The molecule has 4 nitrogen and oxygen atoms in total. The van der Waals surface area contributed by atoms with Gasteiger partial charge in [0.05, 0.1) is 11.4 Å². The van der Waals surface area contributed by atoms with Crippen LogP contribution in [-0.4, -0.2) is 19.9 Å². The molecule has 2 bridgehead atoms. The van der Waals surface area contributed by atoms with Crippen LogP contribution in [0.1, 0.15) is 45.2 Å². The quantitative estimate of drug-likeness (QED) is 0.137. The third kappa shape index (κ3) is 8.61. The van der Waals surface area contributed by atoms with Crippen LogP contribution in [0.25, 0.3) is 112 Å². The Bertz CT molecular complexity index is 4190. The Hall–Kier alpha value is -10.4. The fourth-order valence-electron chi connectivity index (χ4n) is 12.4. The van der Waals surface area contributed by atoms with Gasteiger partial charge in [-0.25, -0.2) is 9.97 Å². The van der Waals surface area contributed by atoms with Gasteiger partial charge >= 0.3 is 0 Å². The van der Waals surface area contributed by atoms with E-state index in [1.807, 2.05) is 55.1 Å². The molecule has 2 atom stereocenters. The van der Waals surface area contributed by atoms with Crippen LogP contribution in [0.15, 0.2) is 292 Å². The summed E-state index contributed by atoms with van der Waals surface area (Å²) in [6.45, 7) is 0. The van der Waals surface area contributed by atoms with Crippen molar-refractivity contribution in [3.63, 3.8) is 0 Å². The lowest BCUT2D eigenvalue weighted by Gasteiger charge is -2.42. The summed E-state index contributed by atoms with van der Waals surface area (Å²) in [6, 6.07) is 97.3. The maximum absolute atomic E-state index is 5.24. The lowest BCUT2D eigenvalue weighted by Crippen LogP contribution is -2.27. The van der Waals surface area contributed by atoms with E-state index >= 15 is 0 Å². The molecule has 0 spiro atoms. The Kier molecular flexibility index (Phi) is 11.6. The maximum atomic E-state index is 5.24. The van der Waals surface area contributed by atoms with Gasteiger partial charge in [0, 0.05) is 53.3 Å². The summed E-state index contributed by atoms with van der Waals surface area (Å²) < 4.78 is 0. The van der Waals surface area contributed by atoms with Crippen LogP contribution in [-0.2, 0) is 0 Å². The van der Waals surface area contributed by atoms with Crippen molar-refractivity contribution in [2.45, 2.75) is 11.8 Å². The minimum absolute atomic E-state index is 0.113. The lowest BCUT2D eigenvalue weighted by molar-refractivity contribution is 0.755. The van der Waals surface area contributed by atoms with Gasteiger partial charge in [0.1, 0.15) is 0 Å². The fraction of sp³-hybridized carbons (Fsp3) is 0.0263. The van der Waals surface area contributed by atoms with Gasteiger partial charge < -0.3 is 0 Å². The molecule has 4 heteroatoms. The van der Waals surface area contributed by atoms with E-state index in [2.05, 4.69) is 247 Å². The molecule has 0 N–H and O–H groups in total. The minimum atomic E-state index is 0.113. The topological polar surface area (TPSA) is 51.6 Å². The molecule has 10 aromatic carbocycles. The van der Waals surface area contributed by atoms with E-state index in [0.29, 0.717) is 5.82 Å². The Morgan fingerprint density at radius 3 is 0.938 bits per heavy atom. The summed E-state index contributed by atoms with van der Waals surface area (Å²) in [7, 11) is 0. The Morgan fingerprint density at radius 2 is 0.487 bits per heavy atom. The van der Waals surface area contributed by atoms with E-state index in [1.54, 1.807) is 0 Å². The van der Waals surface area contributed by atoms with Gasteiger partial charge in [-0.1, -0.05) is 182 Å². The van der Waals surface area contributed by atoms with E-state index in [9.17, 15) is 0 Å². The molecule has 2 unspecified atom stereocenters. The zero-order valence-electron chi connectivity index (χ0n) is 43.7. The van der Waals surface area contributed by atoms with Gasteiger partial charge in [0.2, 0.25) is 0 Å². The maximum Gasteiger partial charge on any atom is 0.160 e. The highest BCUT2D eigenvalue weighted by Gasteiger charge is 2.41. The monoisotopic (exact) mass is 1020 g/mol. The Labute approximate surface area is 466 Å². The predicted molar refractivity (Wildman–Crippen MR) is 327 cm³/mol. The first-order chi connectivity index (χ1) is 39.6. The summed E-state index contributed by atoms with van der Waals surface area (Å²) in [5, 5.41) is 0. The standard InChI is InChI=1S/C76H50N4/c1-3-13-49(14-4-1)63-43-64(57-21-9-17-53(39-57)50-31-35-77-36-32-50)45-65(44-63)58-22-10-19-55(40-58)59-27-29-68-70(46-59)74-66-25-7-8-26-67(66)75(68)71-47-60(28-30-69(71)74)56-20-12-24-62(42-56)73-48-72(79-76(80-73)52-15-5-2-6-16-52)61-23-11-18-54(41-61)51-33-37-78-38-34-51/h1-48,74-75H. The number of aromatic nitrogens is 4. The molecule has 0 saturated carbocycles. The zero-order chi connectivity index (χ0) is 52.9. The summed E-state index contributed by atoms with van der Waals surface area (Å²) in [5.41, 5.74) is 29.5.